The molecule has 5 heteroatoms. The molecule has 0 saturated heterocycles. The van der Waals surface area contributed by atoms with Gasteiger partial charge in [-0.05, 0) is 26.2 Å². The average molecular weight is 254 g/mol. The molecule has 0 aliphatic carbocycles. The van der Waals surface area contributed by atoms with E-state index in [1.807, 2.05) is 20.8 Å². The van der Waals surface area contributed by atoms with Gasteiger partial charge in [-0.25, -0.2) is 0 Å². The van der Waals surface area contributed by atoms with E-state index in [0.717, 1.165) is 13.3 Å². The van der Waals surface area contributed by atoms with E-state index in [-0.39, 0.29) is 5.92 Å². The second-order valence-corrected chi connectivity index (χ2v) is 4.91. The SMILES string of the molecule is CCCC(C)(C(=O)OC(C)C(F)(F)F)C(C)C. The number of hydrogen-bond donors (Lipinski definition) is 0. The van der Waals surface area contributed by atoms with Gasteiger partial charge in [-0.2, -0.15) is 13.2 Å². The summed E-state index contributed by atoms with van der Waals surface area (Å²) in [4.78, 5) is 11.8. The summed E-state index contributed by atoms with van der Waals surface area (Å²) in [7, 11) is 0. The third-order valence-corrected chi connectivity index (χ3v) is 3.25. The van der Waals surface area contributed by atoms with Crippen LogP contribution in [0.25, 0.3) is 0 Å². The number of ether oxygens (including phenoxy) is 1. The number of alkyl halides is 3. The minimum absolute atomic E-state index is 0.0598. The molecule has 0 N–H and O–H groups in total. The average Bonchev–Trinajstić information content (AvgIpc) is 2.15. The Kier molecular flexibility index (Phi) is 5.49. The van der Waals surface area contributed by atoms with Crippen molar-refractivity contribution in [1.82, 2.24) is 0 Å². The van der Waals surface area contributed by atoms with Crippen LogP contribution >= 0.6 is 0 Å². The maximum atomic E-state index is 12.3. The monoisotopic (exact) mass is 254 g/mol. The number of rotatable bonds is 5. The molecule has 0 aromatic carbocycles. The largest absolute Gasteiger partial charge is 0.453 e. The predicted molar refractivity (Wildman–Crippen MR) is 59.5 cm³/mol. The molecule has 0 fully saturated rings. The lowest BCUT2D eigenvalue weighted by atomic mass is 9.75. The minimum Gasteiger partial charge on any atom is -0.453 e. The van der Waals surface area contributed by atoms with E-state index < -0.39 is 23.7 Å². The molecule has 0 radical (unpaired) electrons. The number of carbonyl (C=O) groups is 1. The summed E-state index contributed by atoms with van der Waals surface area (Å²) in [6.45, 7) is 8.03. The Labute approximate surface area is 101 Å². The summed E-state index contributed by atoms with van der Waals surface area (Å²) in [5.74, 6) is -0.824. The van der Waals surface area contributed by atoms with E-state index >= 15 is 0 Å². The highest BCUT2D eigenvalue weighted by Gasteiger charge is 2.44. The first-order valence-corrected chi connectivity index (χ1v) is 5.83. The summed E-state index contributed by atoms with van der Waals surface area (Å²) in [5.41, 5.74) is -0.853. The Balaban J connectivity index is 4.77. The lowest BCUT2D eigenvalue weighted by Gasteiger charge is -2.32. The zero-order chi connectivity index (χ0) is 13.9. The Morgan fingerprint density at radius 2 is 1.71 bits per heavy atom. The maximum Gasteiger partial charge on any atom is 0.425 e. The number of carbonyl (C=O) groups excluding carboxylic acids is 1. The van der Waals surface area contributed by atoms with E-state index in [1.165, 1.54) is 0 Å². The van der Waals surface area contributed by atoms with Crippen LogP contribution in [-0.4, -0.2) is 18.2 Å². The lowest BCUT2D eigenvalue weighted by molar-refractivity contribution is -0.223. The summed E-state index contributed by atoms with van der Waals surface area (Å²) in [6.07, 6.45) is -5.30. The minimum atomic E-state index is -4.50. The van der Waals surface area contributed by atoms with Crippen molar-refractivity contribution in [2.45, 2.75) is 59.7 Å². The summed E-state index contributed by atoms with van der Waals surface area (Å²) >= 11 is 0. The van der Waals surface area contributed by atoms with Gasteiger partial charge in [-0.1, -0.05) is 27.2 Å². The van der Waals surface area contributed by atoms with Crippen LogP contribution in [0.4, 0.5) is 13.2 Å². The zero-order valence-corrected chi connectivity index (χ0v) is 11.0. The van der Waals surface area contributed by atoms with Crippen LogP contribution in [0.2, 0.25) is 0 Å². The van der Waals surface area contributed by atoms with Crippen LogP contribution in [-0.2, 0) is 9.53 Å². The molecule has 0 aromatic rings. The molecule has 2 atom stereocenters. The van der Waals surface area contributed by atoms with Crippen LogP contribution in [0, 0.1) is 11.3 Å². The van der Waals surface area contributed by atoms with Crippen molar-refractivity contribution in [1.29, 1.82) is 0 Å². The van der Waals surface area contributed by atoms with E-state index in [2.05, 4.69) is 4.74 Å². The second kappa shape index (κ2) is 5.74. The van der Waals surface area contributed by atoms with E-state index in [4.69, 9.17) is 0 Å². The first-order valence-electron chi connectivity index (χ1n) is 5.83. The van der Waals surface area contributed by atoms with Gasteiger partial charge < -0.3 is 4.74 Å². The van der Waals surface area contributed by atoms with Gasteiger partial charge in [0.1, 0.15) is 0 Å². The Bertz CT molecular complexity index is 261. The van der Waals surface area contributed by atoms with Crippen molar-refractivity contribution in [3.8, 4) is 0 Å². The molecule has 0 aliphatic heterocycles. The molecule has 0 heterocycles. The molecule has 0 rings (SSSR count). The highest BCUT2D eigenvalue weighted by atomic mass is 19.4. The van der Waals surface area contributed by atoms with Crippen molar-refractivity contribution in [2.75, 3.05) is 0 Å². The van der Waals surface area contributed by atoms with Gasteiger partial charge in [0.25, 0.3) is 0 Å². The van der Waals surface area contributed by atoms with Crippen LogP contribution in [0.3, 0.4) is 0 Å². The zero-order valence-electron chi connectivity index (χ0n) is 11.0. The smallest absolute Gasteiger partial charge is 0.425 e. The molecular formula is C12H21F3O2. The Morgan fingerprint density at radius 3 is 2.00 bits per heavy atom. The van der Waals surface area contributed by atoms with Crippen LogP contribution in [0.1, 0.15) is 47.5 Å². The maximum absolute atomic E-state index is 12.3. The van der Waals surface area contributed by atoms with E-state index in [1.54, 1.807) is 6.92 Å². The van der Waals surface area contributed by atoms with Crippen LogP contribution < -0.4 is 0 Å². The summed E-state index contributed by atoms with van der Waals surface area (Å²) in [6, 6.07) is 0. The van der Waals surface area contributed by atoms with Crippen molar-refractivity contribution in [2.24, 2.45) is 11.3 Å². The van der Waals surface area contributed by atoms with Gasteiger partial charge in [0.2, 0.25) is 0 Å². The molecule has 0 amide bonds. The number of halogens is 3. The topological polar surface area (TPSA) is 26.3 Å². The third-order valence-electron chi connectivity index (χ3n) is 3.25. The first kappa shape index (κ1) is 16.3. The fourth-order valence-corrected chi connectivity index (χ4v) is 1.51. The fraction of sp³-hybridized carbons (Fsp3) is 0.917. The normalized spacial score (nSPS) is 17.7. The van der Waals surface area contributed by atoms with Gasteiger partial charge in [0.15, 0.2) is 6.10 Å². The van der Waals surface area contributed by atoms with Crippen molar-refractivity contribution < 1.29 is 22.7 Å². The predicted octanol–water partition coefficient (Wildman–Crippen LogP) is 3.94. The van der Waals surface area contributed by atoms with Crippen molar-refractivity contribution in [3.63, 3.8) is 0 Å². The van der Waals surface area contributed by atoms with E-state index in [9.17, 15) is 18.0 Å². The Hall–Kier alpha value is -0.740. The molecule has 0 bridgehead atoms. The van der Waals surface area contributed by atoms with Crippen molar-refractivity contribution >= 4 is 5.97 Å². The third kappa shape index (κ3) is 4.21. The highest BCUT2D eigenvalue weighted by Crippen LogP contribution is 2.35. The molecule has 0 saturated carbocycles. The molecule has 0 spiro atoms. The van der Waals surface area contributed by atoms with Crippen molar-refractivity contribution in [3.05, 3.63) is 0 Å². The van der Waals surface area contributed by atoms with Crippen LogP contribution in [0.15, 0.2) is 0 Å². The number of esters is 1. The van der Waals surface area contributed by atoms with Gasteiger partial charge in [-0.15, -0.1) is 0 Å². The lowest BCUT2D eigenvalue weighted by Crippen LogP contribution is -2.40. The molecule has 2 unspecified atom stereocenters. The number of hydrogen-bond acceptors (Lipinski definition) is 2. The molecule has 0 aromatic heterocycles. The fourth-order valence-electron chi connectivity index (χ4n) is 1.51. The molecule has 0 aliphatic rings. The standard InChI is InChI=1S/C12H21F3O2/c1-6-7-11(5,8(2)3)10(16)17-9(4)12(13,14)15/h8-9H,6-7H2,1-5H3. The van der Waals surface area contributed by atoms with E-state index in [0.29, 0.717) is 6.42 Å². The second-order valence-electron chi connectivity index (χ2n) is 4.91. The van der Waals surface area contributed by atoms with Gasteiger partial charge in [-0.3, -0.25) is 4.79 Å². The molecule has 17 heavy (non-hydrogen) atoms. The quantitative estimate of drug-likeness (QED) is 0.694. The Morgan fingerprint density at radius 1 is 1.24 bits per heavy atom. The molecular weight excluding hydrogens is 233 g/mol. The molecule has 102 valence electrons. The van der Waals surface area contributed by atoms with Gasteiger partial charge in [0.05, 0.1) is 5.41 Å². The summed E-state index contributed by atoms with van der Waals surface area (Å²) < 4.78 is 41.5. The van der Waals surface area contributed by atoms with Gasteiger partial charge in [0, 0.05) is 0 Å². The van der Waals surface area contributed by atoms with Crippen LogP contribution in [0.5, 0.6) is 0 Å². The van der Waals surface area contributed by atoms with Gasteiger partial charge >= 0.3 is 12.1 Å². The first-order chi connectivity index (χ1) is 7.55. The highest BCUT2D eigenvalue weighted by molar-refractivity contribution is 5.76. The summed E-state index contributed by atoms with van der Waals surface area (Å²) in [5, 5.41) is 0. The molecule has 2 nitrogen and oxygen atoms in total.